The van der Waals surface area contributed by atoms with Crippen molar-refractivity contribution in [3.8, 4) is 0 Å². The smallest absolute Gasteiger partial charge is 0.319 e. The Morgan fingerprint density at radius 1 is 1.28 bits per heavy atom. The van der Waals surface area contributed by atoms with E-state index < -0.39 is 0 Å². The first kappa shape index (κ1) is 16.0. The van der Waals surface area contributed by atoms with Gasteiger partial charge in [-0.25, -0.2) is 4.79 Å². The standard InChI is InChI=1S/C16H17N5O3S/c22-13(10-1-2-11-8-17-15(23)18-12(11)7-10)19-16-21-20-14(25-16)9-3-5-24-6-4-9/h1-2,7,9H,3-6,8H2,(H2,17,18,23)(H,19,21,22). The first-order valence-corrected chi connectivity index (χ1v) is 8.91. The zero-order valence-corrected chi connectivity index (χ0v) is 14.2. The van der Waals surface area contributed by atoms with E-state index in [-0.39, 0.29) is 11.9 Å². The third-order valence-corrected chi connectivity index (χ3v) is 5.29. The summed E-state index contributed by atoms with van der Waals surface area (Å²) in [4.78, 5) is 23.8. The topological polar surface area (TPSA) is 105 Å². The molecule has 1 aromatic carbocycles. The number of hydrogen-bond acceptors (Lipinski definition) is 6. The molecule has 8 nitrogen and oxygen atoms in total. The van der Waals surface area contributed by atoms with E-state index in [1.165, 1.54) is 11.3 Å². The normalized spacial score (nSPS) is 17.4. The van der Waals surface area contributed by atoms with Gasteiger partial charge in [0.1, 0.15) is 5.01 Å². The van der Waals surface area contributed by atoms with Crippen LogP contribution in [-0.4, -0.2) is 35.3 Å². The summed E-state index contributed by atoms with van der Waals surface area (Å²) in [5.41, 5.74) is 2.05. The zero-order valence-electron chi connectivity index (χ0n) is 13.4. The molecule has 0 unspecified atom stereocenters. The molecule has 2 aliphatic heterocycles. The molecule has 3 heterocycles. The molecule has 1 saturated heterocycles. The van der Waals surface area contributed by atoms with Crippen molar-refractivity contribution >= 4 is 34.1 Å². The second kappa shape index (κ2) is 6.77. The van der Waals surface area contributed by atoms with Crippen molar-refractivity contribution < 1.29 is 14.3 Å². The van der Waals surface area contributed by atoms with Gasteiger partial charge in [-0.15, -0.1) is 10.2 Å². The lowest BCUT2D eigenvalue weighted by molar-refractivity contribution is 0.0851. The van der Waals surface area contributed by atoms with Gasteiger partial charge in [0.25, 0.3) is 5.91 Å². The average Bonchev–Trinajstić information content (AvgIpc) is 3.10. The largest absolute Gasteiger partial charge is 0.381 e. The monoisotopic (exact) mass is 359 g/mol. The Bertz CT molecular complexity index is 816. The predicted octanol–water partition coefficient (Wildman–Crippen LogP) is 2.32. The Balaban J connectivity index is 1.46. The Morgan fingerprint density at radius 3 is 2.96 bits per heavy atom. The Kier molecular flexibility index (Phi) is 4.33. The van der Waals surface area contributed by atoms with Crippen LogP contribution in [0.15, 0.2) is 18.2 Å². The fraction of sp³-hybridized carbons (Fsp3) is 0.375. The van der Waals surface area contributed by atoms with Crippen LogP contribution in [0.4, 0.5) is 15.6 Å². The van der Waals surface area contributed by atoms with E-state index in [0.717, 1.165) is 36.6 Å². The third kappa shape index (κ3) is 3.47. The number of nitrogens with zero attached hydrogens (tertiary/aromatic N) is 2. The van der Waals surface area contributed by atoms with Crippen LogP contribution < -0.4 is 16.0 Å². The van der Waals surface area contributed by atoms with Crippen LogP contribution >= 0.6 is 11.3 Å². The molecule has 0 spiro atoms. The molecule has 1 fully saturated rings. The highest BCUT2D eigenvalue weighted by atomic mass is 32.1. The van der Waals surface area contributed by atoms with Gasteiger partial charge in [-0.2, -0.15) is 0 Å². The number of anilines is 2. The lowest BCUT2D eigenvalue weighted by Gasteiger charge is -2.19. The maximum atomic E-state index is 12.4. The van der Waals surface area contributed by atoms with Gasteiger partial charge in [-0.1, -0.05) is 17.4 Å². The number of nitrogens with one attached hydrogen (secondary N) is 3. The summed E-state index contributed by atoms with van der Waals surface area (Å²) in [5.74, 6) is 0.0774. The van der Waals surface area contributed by atoms with Crippen molar-refractivity contribution in [3.63, 3.8) is 0 Å². The van der Waals surface area contributed by atoms with Gasteiger partial charge in [0.2, 0.25) is 5.13 Å². The van der Waals surface area contributed by atoms with Crippen molar-refractivity contribution in [1.82, 2.24) is 15.5 Å². The molecule has 9 heteroatoms. The number of urea groups is 1. The fourth-order valence-electron chi connectivity index (χ4n) is 2.89. The molecule has 0 atom stereocenters. The maximum absolute atomic E-state index is 12.4. The molecule has 130 valence electrons. The molecule has 2 aliphatic rings. The molecule has 2 aromatic rings. The molecule has 3 amide bonds. The molecule has 3 N–H and O–H groups in total. The summed E-state index contributed by atoms with van der Waals surface area (Å²) in [6, 6.07) is 4.96. The summed E-state index contributed by atoms with van der Waals surface area (Å²) in [6.45, 7) is 1.93. The van der Waals surface area contributed by atoms with Gasteiger partial charge < -0.3 is 15.4 Å². The summed E-state index contributed by atoms with van der Waals surface area (Å²) in [7, 11) is 0. The van der Waals surface area contributed by atoms with E-state index >= 15 is 0 Å². The highest BCUT2D eigenvalue weighted by Crippen LogP contribution is 2.31. The predicted molar refractivity (Wildman–Crippen MR) is 93.0 cm³/mol. The molecular weight excluding hydrogens is 342 g/mol. The first-order chi connectivity index (χ1) is 12.2. The van der Waals surface area contributed by atoms with E-state index in [0.29, 0.717) is 28.8 Å². The van der Waals surface area contributed by atoms with Crippen molar-refractivity contribution in [2.75, 3.05) is 23.8 Å². The molecular formula is C16H17N5O3S. The number of carbonyl (C=O) groups is 2. The Hall–Kier alpha value is -2.52. The van der Waals surface area contributed by atoms with E-state index in [9.17, 15) is 9.59 Å². The van der Waals surface area contributed by atoms with Gasteiger partial charge in [0, 0.05) is 36.9 Å². The number of ether oxygens (including phenoxy) is 1. The summed E-state index contributed by atoms with van der Waals surface area (Å²) in [5, 5.41) is 17.9. The van der Waals surface area contributed by atoms with Crippen LogP contribution in [0.1, 0.15) is 39.7 Å². The van der Waals surface area contributed by atoms with E-state index in [2.05, 4.69) is 26.1 Å². The molecule has 0 radical (unpaired) electrons. The van der Waals surface area contributed by atoms with Crippen LogP contribution in [0.25, 0.3) is 0 Å². The minimum Gasteiger partial charge on any atom is -0.381 e. The molecule has 1 aromatic heterocycles. The highest BCUT2D eigenvalue weighted by Gasteiger charge is 2.21. The Morgan fingerprint density at radius 2 is 2.12 bits per heavy atom. The number of fused-ring (bicyclic) bond motifs is 1. The molecule has 4 rings (SSSR count). The number of rotatable bonds is 3. The minimum absolute atomic E-state index is 0.268. The lowest BCUT2D eigenvalue weighted by Crippen LogP contribution is -2.33. The summed E-state index contributed by atoms with van der Waals surface area (Å²) < 4.78 is 5.36. The van der Waals surface area contributed by atoms with Crippen LogP contribution in [0, 0.1) is 0 Å². The van der Waals surface area contributed by atoms with Gasteiger partial charge in [-0.3, -0.25) is 10.1 Å². The number of aromatic nitrogens is 2. The lowest BCUT2D eigenvalue weighted by atomic mass is 10.0. The Labute approximate surface area is 148 Å². The average molecular weight is 359 g/mol. The number of benzene rings is 1. The van der Waals surface area contributed by atoms with Crippen molar-refractivity contribution in [2.45, 2.75) is 25.3 Å². The number of carbonyl (C=O) groups excluding carboxylic acids is 2. The minimum atomic E-state index is -0.273. The first-order valence-electron chi connectivity index (χ1n) is 8.09. The summed E-state index contributed by atoms with van der Waals surface area (Å²) in [6.07, 6.45) is 1.86. The van der Waals surface area contributed by atoms with E-state index in [4.69, 9.17) is 4.74 Å². The second-order valence-corrected chi connectivity index (χ2v) is 6.97. The molecule has 0 bridgehead atoms. The van der Waals surface area contributed by atoms with Crippen LogP contribution in [0.3, 0.4) is 0 Å². The quantitative estimate of drug-likeness (QED) is 0.780. The van der Waals surface area contributed by atoms with Crippen LogP contribution in [-0.2, 0) is 11.3 Å². The fourth-order valence-corrected chi connectivity index (χ4v) is 3.80. The molecule has 0 aliphatic carbocycles. The number of hydrogen-bond donors (Lipinski definition) is 3. The molecule has 0 saturated carbocycles. The summed E-state index contributed by atoms with van der Waals surface area (Å²) >= 11 is 1.40. The second-order valence-electron chi connectivity index (χ2n) is 5.97. The van der Waals surface area contributed by atoms with Crippen LogP contribution in [0.5, 0.6) is 0 Å². The van der Waals surface area contributed by atoms with E-state index in [1.807, 2.05) is 6.07 Å². The van der Waals surface area contributed by atoms with E-state index in [1.54, 1.807) is 12.1 Å². The van der Waals surface area contributed by atoms with Gasteiger partial charge in [0.05, 0.1) is 0 Å². The van der Waals surface area contributed by atoms with Gasteiger partial charge >= 0.3 is 6.03 Å². The van der Waals surface area contributed by atoms with Crippen molar-refractivity contribution in [2.24, 2.45) is 0 Å². The maximum Gasteiger partial charge on any atom is 0.319 e. The third-order valence-electron chi connectivity index (χ3n) is 4.29. The van der Waals surface area contributed by atoms with Crippen molar-refractivity contribution in [1.29, 1.82) is 0 Å². The number of amides is 3. The van der Waals surface area contributed by atoms with Gasteiger partial charge in [-0.05, 0) is 30.5 Å². The zero-order chi connectivity index (χ0) is 17.2. The highest BCUT2D eigenvalue weighted by molar-refractivity contribution is 7.15. The molecule has 25 heavy (non-hydrogen) atoms. The van der Waals surface area contributed by atoms with Crippen molar-refractivity contribution in [3.05, 3.63) is 34.3 Å². The van der Waals surface area contributed by atoms with Gasteiger partial charge in [0.15, 0.2) is 0 Å². The van der Waals surface area contributed by atoms with Crippen LogP contribution in [0.2, 0.25) is 0 Å². The SMILES string of the molecule is O=C1NCc2ccc(C(=O)Nc3nnc(C4CCOCC4)s3)cc2N1.